The van der Waals surface area contributed by atoms with Crippen molar-refractivity contribution in [3.05, 3.63) is 11.4 Å². The molecular weight excluding hydrogens is 292 g/mol. The highest BCUT2D eigenvalue weighted by Crippen LogP contribution is 2.28. The van der Waals surface area contributed by atoms with E-state index in [9.17, 15) is 8.42 Å². The summed E-state index contributed by atoms with van der Waals surface area (Å²) < 4.78 is 32.7. The second-order valence-corrected chi connectivity index (χ2v) is 7.13. The number of ether oxygens (including phenoxy) is 1. The van der Waals surface area contributed by atoms with Crippen molar-refractivity contribution in [2.24, 2.45) is 5.92 Å². The molecule has 1 heterocycles. The maximum Gasteiger partial charge on any atom is 0.244 e. The van der Waals surface area contributed by atoms with Crippen LogP contribution in [0.3, 0.4) is 0 Å². The highest BCUT2D eigenvalue weighted by Gasteiger charge is 2.23. The Morgan fingerprint density at radius 2 is 2.19 bits per heavy atom. The molecule has 1 fully saturated rings. The maximum absolute atomic E-state index is 12.3. The van der Waals surface area contributed by atoms with Gasteiger partial charge >= 0.3 is 0 Å². The Morgan fingerprint density at radius 3 is 2.86 bits per heavy atom. The third kappa shape index (κ3) is 4.77. The molecule has 21 heavy (non-hydrogen) atoms. The van der Waals surface area contributed by atoms with Crippen LogP contribution in [0.2, 0.25) is 0 Å². The van der Waals surface area contributed by atoms with Gasteiger partial charge in [-0.25, -0.2) is 13.1 Å². The van der Waals surface area contributed by atoms with Crippen LogP contribution in [0, 0.1) is 12.8 Å². The summed E-state index contributed by atoms with van der Waals surface area (Å²) in [5.74, 6) is 0.736. The van der Waals surface area contributed by atoms with Crippen LogP contribution in [0.4, 0.5) is 0 Å². The summed E-state index contributed by atoms with van der Waals surface area (Å²) in [5, 5.41) is 9.66. The lowest BCUT2D eigenvalue weighted by Crippen LogP contribution is -2.27. The van der Waals surface area contributed by atoms with Crippen LogP contribution in [0.1, 0.15) is 30.7 Å². The average Bonchev–Trinajstić information content (AvgIpc) is 3.17. The van der Waals surface area contributed by atoms with Crippen molar-refractivity contribution >= 4 is 10.0 Å². The van der Waals surface area contributed by atoms with Crippen molar-refractivity contribution in [1.29, 1.82) is 0 Å². The van der Waals surface area contributed by atoms with Crippen LogP contribution in [0.15, 0.2) is 4.90 Å². The van der Waals surface area contributed by atoms with Crippen molar-refractivity contribution in [3.63, 3.8) is 0 Å². The monoisotopic (exact) mass is 316 g/mol. The number of hydrogen-bond acceptors (Lipinski definition) is 5. The summed E-state index contributed by atoms with van der Waals surface area (Å²) in [6.07, 6.45) is 3.20. The van der Waals surface area contributed by atoms with Crippen LogP contribution in [-0.4, -0.2) is 45.4 Å². The van der Waals surface area contributed by atoms with E-state index >= 15 is 0 Å². The van der Waals surface area contributed by atoms with E-state index in [-0.39, 0.29) is 4.90 Å². The lowest BCUT2D eigenvalue weighted by molar-refractivity contribution is 0.123. The molecule has 1 aliphatic rings. The quantitative estimate of drug-likeness (QED) is 0.547. The molecule has 0 saturated heterocycles. The zero-order valence-corrected chi connectivity index (χ0v) is 13.4. The van der Waals surface area contributed by atoms with E-state index in [0.29, 0.717) is 37.5 Å². The molecule has 1 aromatic heterocycles. The van der Waals surface area contributed by atoms with Crippen molar-refractivity contribution in [3.8, 4) is 0 Å². The molecule has 8 heteroatoms. The van der Waals surface area contributed by atoms with Crippen LogP contribution in [0.25, 0.3) is 0 Å². The van der Waals surface area contributed by atoms with E-state index in [1.54, 1.807) is 14.0 Å². The van der Waals surface area contributed by atoms with Gasteiger partial charge in [-0.2, -0.15) is 5.10 Å². The minimum absolute atomic E-state index is 0.246. The highest BCUT2D eigenvalue weighted by atomic mass is 32.2. The van der Waals surface area contributed by atoms with Gasteiger partial charge in [0, 0.05) is 26.3 Å². The normalized spacial score (nSPS) is 15.5. The van der Waals surface area contributed by atoms with Crippen molar-refractivity contribution in [2.45, 2.75) is 37.6 Å². The van der Waals surface area contributed by atoms with Gasteiger partial charge in [-0.15, -0.1) is 0 Å². The first-order valence-corrected chi connectivity index (χ1v) is 8.78. The number of H-pyrrole nitrogens is 1. The molecule has 0 atom stereocenters. The number of hydrogen-bond donors (Lipinski definition) is 3. The Balaban J connectivity index is 1.81. The molecule has 120 valence electrons. The summed E-state index contributed by atoms with van der Waals surface area (Å²) in [5.41, 5.74) is 1.06. The largest absolute Gasteiger partial charge is 0.381 e. The number of aromatic amines is 1. The van der Waals surface area contributed by atoms with E-state index in [0.717, 1.165) is 12.5 Å². The summed E-state index contributed by atoms with van der Waals surface area (Å²) in [7, 11) is -1.78. The minimum Gasteiger partial charge on any atom is -0.381 e. The first-order valence-electron chi connectivity index (χ1n) is 7.30. The van der Waals surface area contributed by atoms with Crippen molar-refractivity contribution in [2.75, 3.05) is 26.8 Å². The fourth-order valence-corrected chi connectivity index (χ4v) is 3.53. The highest BCUT2D eigenvalue weighted by molar-refractivity contribution is 7.89. The first kappa shape index (κ1) is 16.4. The Kier molecular flexibility index (Phi) is 5.74. The Bertz CT molecular complexity index is 552. The summed E-state index contributed by atoms with van der Waals surface area (Å²) in [6.45, 7) is 3.88. The number of nitrogens with zero attached hydrogens (tertiary/aromatic N) is 1. The van der Waals surface area contributed by atoms with Gasteiger partial charge < -0.3 is 10.1 Å². The Morgan fingerprint density at radius 1 is 1.43 bits per heavy atom. The standard InChI is InChI=1S/C13H24N4O3S/c1-10-13(12(8-14-2)17-16-10)21(18,19)15-6-3-7-20-9-11-4-5-11/h11,14-15H,3-9H2,1-2H3,(H,16,17). The number of rotatable bonds is 10. The van der Waals surface area contributed by atoms with Gasteiger partial charge in [0.2, 0.25) is 10.0 Å². The zero-order valence-electron chi connectivity index (χ0n) is 12.6. The molecule has 1 saturated carbocycles. The van der Waals surface area contributed by atoms with Crippen molar-refractivity contribution in [1.82, 2.24) is 20.2 Å². The molecule has 2 rings (SSSR count). The molecule has 0 aliphatic heterocycles. The molecule has 0 bridgehead atoms. The van der Waals surface area contributed by atoms with Gasteiger partial charge in [0.25, 0.3) is 0 Å². The molecule has 1 aliphatic carbocycles. The van der Waals surface area contributed by atoms with E-state index in [1.807, 2.05) is 0 Å². The van der Waals surface area contributed by atoms with Gasteiger partial charge in [0.15, 0.2) is 0 Å². The van der Waals surface area contributed by atoms with Crippen molar-refractivity contribution < 1.29 is 13.2 Å². The number of nitrogens with one attached hydrogen (secondary N) is 3. The number of aryl methyl sites for hydroxylation is 1. The topological polar surface area (TPSA) is 96.1 Å². The number of aromatic nitrogens is 2. The molecule has 7 nitrogen and oxygen atoms in total. The lowest BCUT2D eigenvalue weighted by atomic mass is 10.4. The predicted octanol–water partition coefficient (Wildman–Crippen LogP) is 0.533. The molecular formula is C13H24N4O3S. The van der Waals surface area contributed by atoms with E-state index in [4.69, 9.17) is 4.74 Å². The third-order valence-electron chi connectivity index (χ3n) is 3.38. The second kappa shape index (κ2) is 7.35. The van der Waals surface area contributed by atoms with Gasteiger partial charge in [0.1, 0.15) is 4.90 Å². The molecule has 0 spiro atoms. The Labute approximate surface area is 125 Å². The van der Waals surface area contributed by atoms with E-state index in [2.05, 4.69) is 20.2 Å². The number of sulfonamides is 1. The molecule has 3 N–H and O–H groups in total. The molecule has 0 radical (unpaired) electrons. The summed E-state index contributed by atoms with van der Waals surface area (Å²) >= 11 is 0. The molecule has 0 unspecified atom stereocenters. The predicted molar refractivity (Wildman–Crippen MR) is 79.4 cm³/mol. The van der Waals surface area contributed by atoms with Crippen LogP contribution < -0.4 is 10.0 Å². The van der Waals surface area contributed by atoms with Crippen LogP contribution in [0.5, 0.6) is 0 Å². The third-order valence-corrected chi connectivity index (χ3v) is 5.05. The van der Waals surface area contributed by atoms with E-state index < -0.39 is 10.0 Å². The van der Waals surface area contributed by atoms with Gasteiger partial charge in [-0.3, -0.25) is 5.10 Å². The smallest absolute Gasteiger partial charge is 0.244 e. The zero-order chi connectivity index (χ0) is 15.3. The summed E-state index contributed by atoms with van der Waals surface area (Å²) in [6, 6.07) is 0. The van der Waals surface area contributed by atoms with Gasteiger partial charge in [-0.1, -0.05) is 0 Å². The second-order valence-electron chi connectivity index (χ2n) is 5.42. The van der Waals surface area contributed by atoms with Crippen LogP contribution in [-0.2, 0) is 21.3 Å². The van der Waals surface area contributed by atoms with E-state index in [1.165, 1.54) is 12.8 Å². The minimum atomic E-state index is -3.53. The maximum atomic E-state index is 12.3. The molecule has 0 amide bonds. The lowest BCUT2D eigenvalue weighted by Gasteiger charge is -2.08. The van der Waals surface area contributed by atoms with Gasteiger partial charge in [-0.05, 0) is 39.2 Å². The molecule has 0 aromatic carbocycles. The van der Waals surface area contributed by atoms with Crippen LogP contribution >= 0.6 is 0 Å². The SMILES string of the molecule is CNCc1n[nH]c(C)c1S(=O)(=O)NCCCOCC1CC1. The fraction of sp³-hybridized carbons (Fsp3) is 0.769. The average molecular weight is 316 g/mol. The summed E-state index contributed by atoms with van der Waals surface area (Å²) in [4.78, 5) is 0.246. The Hall–Kier alpha value is -0.960. The molecule has 1 aromatic rings. The van der Waals surface area contributed by atoms with Gasteiger partial charge in [0.05, 0.1) is 11.4 Å². The fourth-order valence-electron chi connectivity index (χ4n) is 2.10. The first-order chi connectivity index (χ1) is 10.0.